The lowest BCUT2D eigenvalue weighted by molar-refractivity contribution is -0.156. The van der Waals surface area contributed by atoms with E-state index in [4.69, 9.17) is 14.7 Å². The van der Waals surface area contributed by atoms with Crippen molar-refractivity contribution in [1.82, 2.24) is 29.3 Å². The Morgan fingerprint density at radius 3 is 2.64 bits per heavy atom. The maximum Gasteiger partial charge on any atom is 0.312 e. The van der Waals surface area contributed by atoms with Crippen LogP contribution >= 0.6 is 23.1 Å². The average Bonchev–Trinajstić information content (AvgIpc) is 3.78. The molecule has 44 heavy (non-hydrogen) atoms. The molecule has 232 valence electrons. The number of amides is 1. The van der Waals surface area contributed by atoms with E-state index < -0.39 is 0 Å². The third kappa shape index (κ3) is 5.63. The fourth-order valence-corrected chi connectivity index (χ4v) is 7.76. The smallest absolute Gasteiger partial charge is 0.312 e. The number of aryl methyl sites for hydroxylation is 1. The highest BCUT2D eigenvalue weighted by molar-refractivity contribution is 8.00. The van der Waals surface area contributed by atoms with Gasteiger partial charge in [-0.2, -0.15) is 5.26 Å². The Labute approximate surface area is 263 Å². The Hall–Kier alpha value is -3.71. The molecule has 5 heterocycles. The van der Waals surface area contributed by atoms with Crippen molar-refractivity contribution in [2.45, 2.75) is 36.5 Å². The molecule has 1 aromatic carbocycles. The second-order valence-electron chi connectivity index (χ2n) is 11.2. The first kappa shape index (κ1) is 30.3. The molecule has 0 bridgehead atoms. The van der Waals surface area contributed by atoms with Gasteiger partial charge in [-0.25, -0.2) is 19.0 Å². The van der Waals surface area contributed by atoms with Gasteiger partial charge in [0.1, 0.15) is 28.0 Å². The molecular formula is C29H34FN9O3S2. The number of nitriles is 1. The fourth-order valence-electron chi connectivity index (χ4n) is 5.81. The Kier molecular flexibility index (Phi) is 8.51. The molecule has 2 fully saturated rings. The summed E-state index contributed by atoms with van der Waals surface area (Å²) in [6.07, 6.45) is 1.65. The fraction of sp³-hybridized carbons (Fsp3) is 0.483. The Balaban J connectivity index is 1.11. The Morgan fingerprint density at radius 2 is 1.95 bits per heavy atom. The predicted molar refractivity (Wildman–Crippen MR) is 166 cm³/mol. The van der Waals surface area contributed by atoms with Crippen molar-refractivity contribution in [2.75, 3.05) is 64.3 Å². The van der Waals surface area contributed by atoms with Crippen molar-refractivity contribution >= 4 is 45.9 Å². The zero-order valence-corrected chi connectivity index (χ0v) is 26.6. The Morgan fingerprint density at radius 1 is 1.20 bits per heavy atom. The van der Waals surface area contributed by atoms with Crippen LogP contribution in [0.2, 0.25) is 0 Å². The Bertz CT molecular complexity index is 1600. The van der Waals surface area contributed by atoms with Gasteiger partial charge in [0.15, 0.2) is 16.1 Å². The van der Waals surface area contributed by atoms with Crippen molar-refractivity contribution < 1.29 is 18.7 Å². The first-order chi connectivity index (χ1) is 21.2. The van der Waals surface area contributed by atoms with Crippen LogP contribution in [0.1, 0.15) is 23.9 Å². The highest BCUT2D eigenvalue weighted by Gasteiger charge is 2.40. The van der Waals surface area contributed by atoms with Crippen molar-refractivity contribution in [3.8, 4) is 17.3 Å². The number of benzene rings is 1. The summed E-state index contributed by atoms with van der Waals surface area (Å²) < 4.78 is 20.3. The van der Waals surface area contributed by atoms with E-state index in [-0.39, 0.29) is 35.2 Å². The van der Waals surface area contributed by atoms with E-state index in [0.717, 1.165) is 42.6 Å². The molecule has 12 nitrogen and oxygen atoms in total. The van der Waals surface area contributed by atoms with Gasteiger partial charge in [-0.3, -0.25) is 24.8 Å². The molecule has 0 radical (unpaired) electrons. The van der Waals surface area contributed by atoms with Crippen molar-refractivity contribution in [3.63, 3.8) is 0 Å². The number of likely N-dealkylation sites (N-methyl/N-ethyl adjacent to an activating group) is 1. The van der Waals surface area contributed by atoms with Crippen LogP contribution in [-0.2, 0) is 20.7 Å². The summed E-state index contributed by atoms with van der Waals surface area (Å²) in [6.45, 7) is 4.89. The van der Waals surface area contributed by atoms with E-state index in [1.807, 2.05) is 23.7 Å². The number of esters is 1. The summed E-state index contributed by atoms with van der Waals surface area (Å²) in [7, 11) is 5.27. The van der Waals surface area contributed by atoms with Crippen molar-refractivity contribution in [2.24, 2.45) is 5.92 Å². The van der Waals surface area contributed by atoms with Crippen LogP contribution in [0.3, 0.4) is 0 Å². The first-order valence-electron chi connectivity index (χ1n) is 14.5. The van der Waals surface area contributed by atoms with Crippen LogP contribution in [0.4, 0.5) is 15.3 Å². The molecule has 0 spiro atoms. The lowest BCUT2D eigenvalue weighted by Crippen LogP contribution is -2.56. The number of hydrogen-bond donors (Lipinski definition) is 1. The molecular weight excluding hydrogens is 606 g/mol. The van der Waals surface area contributed by atoms with Gasteiger partial charge in [0.25, 0.3) is 0 Å². The molecule has 0 saturated carbocycles. The van der Waals surface area contributed by atoms with Crippen LogP contribution in [0, 0.1) is 23.1 Å². The van der Waals surface area contributed by atoms with Crippen LogP contribution in [0.25, 0.3) is 11.3 Å². The summed E-state index contributed by atoms with van der Waals surface area (Å²) in [4.78, 5) is 42.7. The standard InChI is InChI=1S/C29H34FN9O3S2/c1-5-21-25(36(3)27-33-24(22(12-31)43-27)17-6-8-19(30)9-7-17)39-28(32-21)44-29(34-39)37-11-10-20(15-37)35(2)16-23(40)38-13-18(14-38)26(41)42-4/h6-9,18,20,29,34H,5,10-11,13-16H2,1-4H3. The van der Waals surface area contributed by atoms with E-state index in [2.05, 4.69) is 28.2 Å². The number of anilines is 2. The summed E-state index contributed by atoms with van der Waals surface area (Å²) in [5.41, 5.74) is 5.72. The quantitative estimate of drug-likeness (QED) is 0.348. The zero-order chi connectivity index (χ0) is 31.1. The molecule has 3 aliphatic heterocycles. The first-order valence-corrected chi connectivity index (χ1v) is 16.2. The van der Waals surface area contributed by atoms with E-state index >= 15 is 0 Å². The largest absolute Gasteiger partial charge is 0.469 e. The number of ether oxygens (including phenoxy) is 1. The molecule has 1 N–H and O–H groups in total. The van der Waals surface area contributed by atoms with Gasteiger partial charge in [0.05, 0.1) is 25.3 Å². The summed E-state index contributed by atoms with van der Waals surface area (Å²) >= 11 is 2.94. The summed E-state index contributed by atoms with van der Waals surface area (Å²) in [6, 6.07) is 8.47. The minimum Gasteiger partial charge on any atom is -0.469 e. The summed E-state index contributed by atoms with van der Waals surface area (Å²) in [5, 5.41) is 11.3. The number of nitrogens with zero attached hydrogens (tertiary/aromatic N) is 8. The van der Waals surface area contributed by atoms with E-state index in [0.29, 0.717) is 40.9 Å². The molecule has 2 unspecified atom stereocenters. The number of fused-ring (bicyclic) bond motifs is 1. The lowest BCUT2D eigenvalue weighted by atomic mass is 10.0. The topological polar surface area (TPSA) is 123 Å². The lowest BCUT2D eigenvalue weighted by Gasteiger charge is -2.38. The number of likely N-dealkylation sites (tertiary alicyclic amines) is 2. The number of nitrogens with one attached hydrogen (secondary N) is 1. The molecule has 3 aliphatic rings. The van der Waals surface area contributed by atoms with Crippen LogP contribution in [0.15, 0.2) is 29.4 Å². The number of imidazole rings is 1. The molecule has 6 rings (SSSR count). The normalized spacial score (nSPS) is 19.9. The second-order valence-corrected chi connectivity index (χ2v) is 13.2. The number of methoxy groups -OCH3 is 1. The zero-order valence-electron chi connectivity index (χ0n) is 25.0. The monoisotopic (exact) mass is 639 g/mol. The van der Waals surface area contributed by atoms with Gasteiger partial charge in [-0.05, 0) is 55.9 Å². The highest BCUT2D eigenvalue weighted by Crippen LogP contribution is 2.41. The SMILES string of the molecule is CCc1nc2n(c1N(C)c1nc(-c3ccc(F)cc3)c(C#N)s1)NC(N1CCC(N(C)CC(=O)N3CC(C(=O)OC)C3)C1)S2. The molecule has 2 saturated heterocycles. The van der Waals surface area contributed by atoms with E-state index in [1.165, 1.54) is 30.6 Å². The molecule has 15 heteroatoms. The van der Waals surface area contributed by atoms with Gasteiger partial charge in [-0.1, -0.05) is 18.3 Å². The van der Waals surface area contributed by atoms with Gasteiger partial charge in [-0.15, -0.1) is 0 Å². The predicted octanol–water partition coefficient (Wildman–Crippen LogP) is 2.92. The second kappa shape index (κ2) is 12.4. The molecule has 1 amide bonds. The van der Waals surface area contributed by atoms with Crippen LogP contribution < -0.4 is 10.3 Å². The average molecular weight is 640 g/mol. The minimum atomic E-state index is -0.341. The molecule has 2 aromatic heterocycles. The number of rotatable bonds is 9. The number of thioether (sulfide) groups is 1. The minimum absolute atomic E-state index is 0.0263. The van der Waals surface area contributed by atoms with Crippen molar-refractivity contribution in [3.05, 3.63) is 40.7 Å². The number of aromatic nitrogens is 3. The molecule has 3 aromatic rings. The van der Waals surface area contributed by atoms with E-state index in [1.54, 1.807) is 28.8 Å². The third-order valence-corrected chi connectivity index (χ3v) is 10.6. The maximum absolute atomic E-state index is 13.5. The van der Waals surface area contributed by atoms with Crippen molar-refractivity contribution in [1.29, 1.82) is 5.26 Å². The van der Waals surface area contributed by atoms with Gasteiger partial charge in [0.2, 0.25) is 5.91 Å². The number of halogens is 1. The van der Waals surface area contributed by atoms with E-state index in [9.17, 15) is 19.2 Å². The number of hydrogen-bond acceptors (Lipinski definition) is 12. The van der Waals surface area contributed by atoms with Gasteiger partial charge < -0.3 is 14.5 Å². The molecule has 2 atom stereocenters. The van der Waals surface area contributed by atoms with Crippen LogP contribution in [-0.4, -0.2) is 107 Å². The highest BCUT2D eigenvalue weighted by atomic mass is 32.2. The van der Waals surface area contributed by atoms with Gasteiger partial charge >= 0.3 is 5.97 Å². The molecule has 0 aliphatic carbocycles. The van der Waals surface area contributed by atoms with Crippen LogP contribution in [0.5, 0.6) is 0 Å². The summed E-state index contributed by atoms with van der Waals surface area (Å²) in [5.74, 6) is 0.0743. The maximum atomic E-state index is 13.5. The number of thiazole rings is 1. The van der Waals surface area contributed by atoms with Gasteiger partial charge in [0, 0.05) is 44.8 Å². The number of carbonyl (C=O) groups excluding carboxylic acids is 2. The third-order valence-electron chi connectivity index (χ3n) is 8.43. The number of carbonyl (C=O) groups is 2.